The molecule has 0 nitrogen and oxygen atoms in total. The fourth-order valence-electron chi connectivity index (χ4n) is 1.29. The molecular weight excluding hydrogens is 136 g/mol. The SMILES string of the molecule is CC[CH][Si](C)(C)CCCC. The summed E-state index contributed by atoms with van der Waals surface area (Å²) in [5, 5.41) is 0. The second kappa shape index (κ2) is 4.95. The van der Waals surface area contributed by atoms with Gasteiger partial charge in [0.25, 0.3) is 0 Å². The zero-order chi connectivity index (χ0) is 8.04. The first kappa shape index (κ1) is 10.2. The molecule has 10 heavy (non-hydrogen) atoms. The largest absolute Gasteiger partial charge is 0.0691 e. The van der Waals surface area contributed by atoms with Gasteiger partial charge in [0.15, 0.2) is 0 Å². The second-order valence-electron chi connectivity index (χ2n) is 3.70. The van der Waals surface area contributed by atoms with E-state index in [4.69, 9.17) is 0 Å². The summed E-state index contributed by atoms with van der Waals surface area (Å²) in [6.07, 6.45) is 4.05. The Hall–Kier alpha value is 0.217. The predicted octanol–water partition coefficient (Wildman–Crippen LogP) is 3.65. The Morgan fingerprint density at radius 2 is 1.80 bits per heavy atom. The van der Waals surface area contributed by atoms with Crippen molar-refractivity contribution in [1.82, 2.24) is 0 Å². The average Bonchev–Trinajstić information content (AvgIpc) is 1.84. The lowest BCUT2D eigenvalue weighted by atomic mass is 10.4. The van der Waals surface area contributed by atoms with Gasteiger partial charge in [-0.15, -0.1) is 0 Å². The van der Waals surface area contributed by atoms with Crippen LogP contribution < -0.4 is 0 Å². The molecule has 1 heteroatoms. The van der Waals surface area contributed by atoms with Crippen LogP contribution in [-0.2, 0) is 0 Å². The van der Waals surface area contributed by atoms with E-state index in [0.29, 0.717) is 0 Å². The van der Waals surface area contributed by atoms with Gasteiger partial charge in [0, 0.05) is 0 Å². The van der Waals surface area contributed by atoms with Crippen molar-refractivity contribution in [2.75, 3.05) is 0 Å². The molecular formula is C9H21Si. The highest BCUT2D eigenvalue weighted by atomic mass is 28.3. The molecule has 0 aliphatic heterocycles. The molecule has 0 fully saturated rings. The first-order valence-corrected chi connectivity index (χ1v) is 7.75. The van der Waals surface area contributed by atoms with Crippen molar-refractivity contribution in [3.63, 3.8) is 0 Å². The highest BCUT2D eigenvalue weighted by Gasteiger charge is 2.17. The Balaban J connectivity index is 3.42. The van der Waals surface area contributed by atoms with Crippen molar-refractivity contribution >= 4 is 8.07 Å². The summed E-state index contributed by atoms with van der Waals surface area (Å²) >= 11 is 0. The maximum atomic E-state index is 2.56. The van der Waals surface area contributed by atoms with E-state index in [2.05, 4.69) is 33.0 Å². The molecule has 61 valence electrons. The Bertz CT molecular complexity index is 76.8. The lowest BCUT2D eigenvalue weighted by Gasteiger charge is -2.20. The fraction of sp³-hybridized carbons (Fsp3) is 0.889. The lowest BCUT2D eigenvalue weighted by Crippen LogP contribution is -2.25. The lowest BCUT2D eigenvalue weighted by molar-refractivity contribution is 0.866. The molecule has 0 amide bonds. The third-order valence-electron chi connectivity index (χ3n) is 1.93. The summed E-state index contributed by atoms with van der Waals surface area (Å²) in [6, 6.07) is 4.04. The molecule has 0 aromatic carbocycles. The van der Waals surface area contributed by atoms with Gasteiger partial charge in [-0.2, -0.15) is 0 Å². The van der Waals surface area contributed by atoms with Crippen LogP contribution in [-0.4, -0.2) is 8.07 Å². The van der Waals surface area contributed by atoms with Gasteiger partial charge < -0.3 is 0 Å². The van der Waals surface area contributed by atoms with E-state index in [9.17, 15) is 0 Å². The molecule has 0 atom stereocenters. The van der Waals surface area contributed by atoms with Crippen LogP contribution in [0.3, 0.4) is 0 Å². The summed E-state index contributed by atoms with van der Waals surface area (Å²) in [4.78, 5) is 0. The number of rotatable bonds is 5. The Labute approximate surface area is 67.0 Å². The van der Waals surface area contributed by atoms with Crippen LogP contribution in [0.2, 0.25) is 19.1 Å². The Morgan fingerprint density at radius 1 is 1.20 bits per heavy atom. The van der Waals surface area contributed by atoms with E-state index < -0.39 is 8.07 Å². The van der Waals surface area contributed by atoms with Crippen molar-refractivity contribution in [3.8, 4) is 0 Å². The van der Waals surface area contributed by atoms with Gasteiger partial charge in [-0.25, -0.2) is 0 Å². The van der Waals surface area contributed by atoms with Gasteiger partial charge in [0.05, 0.1) is 8.07 Å². The van der Waals surface area contributed by atoms with E-state index in [1.807, 2.05) is 0 Å². The minimum absolute atomic E-state index is 0.849. The van der Waals surface area contributed by atoms with Crippen molar-refractivity contribution in [1.29, 1.82) is 0 Å². The molecule has 0 spiro atoms. The Kier molecular flexibility index (Phi) is 5.05. The normalized spacial score (nSPS) is 12.0. The molecule has 0 aromatic rings. The van der Waals surface area contributed by atoms with Crippen LogP contribution in [0.15, 0.2) is 0 Å². The first-order chi connectivity index (χ1) is 4.62. The van der Waals surface area contributed by atoms with Crippen LogP contribution in [0.25, 0.3) is 0 Å². The van der Waals surface area contributed by atoms with Crippen LogP contribution in [0.1, 0.15) is 33.1 Å². The van der Waals surface area contributed by atoms with Gasteiger partial charge in [-0.3, -0.25) is 0 Å². The molecule has 0 aromatic heterocycles. The van der Waals surface area contributed by atoms with Crippen molar-refractivity contribution in [3.05, 3.63) is 6.04 Å². The van der Waals surface area contributed by atoms with E-state index in [-0.39, 0.29) is 0 Å². The highest BCUT2D eigenvalue weighted by molar-refractivity contribution is 6.80. The van der Waals surface area contributed by atoms with Gasteiger partial charge in [-0.1, -0.05) is 52.2 Å². The third kappa shape index (κ3) is 5.04. The van der Waals surface area contributed by atoms with Crippen LogP contribution >= 0.6 is 0 Å². The molecule has 0 bridgehead atoms. The van der Waals surface area contributed by atoms with E-state index in [0.717, 1.165) is 0 Å². The monoisotopic (exact) mass is 157 g/mol. The van der Waals surface area contributed by atoms with Crippen LogP contribution in [0.5, 0.6) is 0 Å². The van der Waals surface area contributed by atoms with Gasteiger partial charge in [-0.05, 0) is 6.04 Å². The van der Waals surface area contributed by atoms with Crippen molar-refractivity contribution < 1.29 is 0 Å². The molecule has 0 saturated carbocycles. The number of hydrogen-bond donors (Lipinski definition) is 0. The third-order valence-corrected chi connectivity index (χ3v) is 5.09. The first-order valence-electron chi connectivity index (χ1n) is 4.46. The standard InChI is InChI=1S/C9H21Si/c1-5-7-9-10(3,4)8-6-2/h8H,5-7,9H2,1-4H3. The number of hydrogen-bond acceptors (Lipinski definition) is 0. The zero-order valence-electron chi connectivity index (χ0n) is 7.91. The van der Waals surface area contributed by atoms with Crippen LogP contribution in [0.4, 0.5) is 0 Å². The fourth-order valence-corrected chi connectivity index (χ4v) is 3.86. The molecule has 0 saturated heterocycles. The van der Waals surface area contributed by atoms with Gasteiger partial charge in [0.2, 0.25) is 0 Å². The predicted molar refractivity (Wildman–Crippen MR) is 51.8 cm³/mol. The van der Waals surface area contributed by atoms with Crippen LogP contribution in [0, 0.1) is 6.04 Å². The van der Waals surface area contributed by atoms with Gasteiger partial charge in [0.1, 0.15) is 0 Å². The molecule has 0 rings (SSSR count). The zero-order valence-corrected chi connectivity index (χ0v) is 8.91. The van der Waals surface area contributed by atoms with Gasteiger partial charge >= 0.3 is 0 Å². The second-order valence-corrected chi connectivity index (χ2v) is 8.59. The number of unbranched alkanes of at least 4 members (excludes halogenated alkanes) is 1. The molecule has 0 N–H and O–H groups in total. The quantitative estimate of drug-likeness (QED) is 0.534. The van der Waals surface area contributed by atoms with Crippen molar-refractivity contribution in [2.24, 2.45) is 0 Å². The van der Waals surface area contributed by atoms with E-state index >= 15 is 0 Å². The summed E-state index contributed by atoms with van der Waals surface area (Å²) in [7, 11) is -0.849. The average molecular weight is 157 g/mol. The molecule has 0 heterocycles. The summed E-state index contributed by atoms with van der Waals surface area (Å²) < 4.78 is 0. The highest BCUT2D eigenvalue weighted by Crippen LogP contribution is 2.17. The molecule has 1 radical (unpaired) electrons. The van der Waals surface area contributed by atoms with Crippen molar-refractivity contribution in [2.45, 2.75) is 52.2 Å². The minimum Gasteiger partial charge on any atom is -0.0691 e. The Morgan fingerprint density at radius 3 is 2.20 bits per heavy atom. The maximum Gasteiger partial charge on any atom is 0.0504 e. The smallest absolute Gasteiger partial charge is 0.0504 e. The molecule has 0 aliphatic carbocycles. The minimum atomic E-state index is -0.849. The summed E-state index contributed by atoms with van der Waals surface area (Å²) in [6.45, 7) is 9.45. The van der Waals surface area contributed by atoms with E-state index in [1.54, 1.807) is 0 Å². The maximum absolute atomic E-state index is 2.56. The van der Waals surface area contributed by atoms with E-state index in [1.165, 1.54) is 25.3 Å². The summed E-state index contributed by atoms with van der Waals surface area (Å²) in [5.41, 5.74) is 0. The molecule has 0 aliphatic rings. The molecule has 0 unspecified atom stereocenters. The summed E-state index contributed by atoms with van der Waals surface area (Å²) in [5.74, 6) is 0. The topological polar surface area (TPSA) is 0 Å².